The molecule has 2 fully saturated rings. The zero-order valence-electron chi connectivity index (χ0n) is 19.3. The van der Waals surface area contributed by atoms with Gasteiger partial charge in [-0.3, -0.25) is 0 Å². The molecule has 0 unspecified atom stereocenters. The van der Waals surface area contributed by atoms with E-state index in [0.29, 0.717) is 0 Å². The van der Waals surface area contributed by atoms with Gasteiger partial charge in [0.05, 0.1) is 0 Å². The van der Waals surface area contributed by atoms with Gasteiger partial charge in [-0.2, -0.15) is 0 Å². The Labute approximate surface area is 179 Å². The summed E-state index contributed by atoms with van der Waals surface area (Å²) in [7, 11) is 0. The molecule has 0 amide bonds. The standard InChI is InChI=1S/C25H44N4/c1-4-8-26-12-16-28(17-13-26)10-6-24-20-23(3)21-25(22-24)7-11-29-18-14-27(9-5-2)15-19-29/h20-22H,4-19H2,1-3H3. The van der Waals surface area contributed by atoms with Crippen molar-refractivity contribution in [3.8, 4) is 0 Å². The first-order chi connectivity index (χ1) is 14.2. The lowest BCUT2D eigenvalue weighted by molar-refractivity contribution is 0.133. The number of piperazine rings is 2. The second-order valence-electron chi connectivity index (χ2n) is 9.19. The molecule has 1 aromatic carbocycles. The predicted octanol–water partition coefficient (Wildman–Crippen LogP) is 3.14. The van der Waals surface area contributed by atoms with Crippen molar-refractivity contribution in [1.29, 1.82) is 0 Å². The van der Waals surface area contributed by atoms with Gasteiger partial charge in [-0.05, 0) is 56.8 Å². The summed E-state index contributed by atoms with van der Waals surface area (Å²) >= 11 is 0. The van der Waals surface area contributed by atoms with Crippen molar-refractivity contribution in [1.82, 2.24) is 19.6 Å². The van der Waals surface area contributed by atoms with Gasteiger partial charge < -0.3 is 19.6 Å². The van der Waals surface area contributed by atoms with Gasteiger partial charge >= 0.3 is 0 Å². The minimum absolute atomic E-state index is 1.19. The minimum Gasteiger partial charge on any atom is -0.301 e. The SMILES string of the molecule is CCCN1CCN(CCc2cc(C)cc(CCN3CCN(CCC)CC3)c2)CC1. The highest BCUT2D eigenvalue weighted by Crippen LogP contribution is 2.14. The summed E-state index contributed by atoms with van der Waals surface area (Å²) in [5, 5.41) is 0. The van der Waals surface area contributed by atoms with Gasteiger partial charge in [0.15, 0.2) is 0 Å². The van der Waals surface area contributed by atoms with Gasteiger partial charge in [-0.15, -0.1) is 0 Å². The minimum atomic E-state index is 1.19. The topological polar surface area (TPSA) is 13.0 Å². The summed E-state index contributed by atoms with van der Waals surface area (Å²) in [4.78, 5) is 10.5. The molecule has 29 heavy (non-hydrogen) atoms. The van der Waals surface area contributed by atoms with Crippen LogP contribution >= 0.6 is 0 Å². The van der Waals surface area contributed by atoms with Crippen molar-refractivity contribution in [2.24, 2.45) is 0 Å². The molecule has 1 aromatic rings. The number of hydrogen-bond donors (Lipinski definition) is 0. The molecule has 0 radical (unpaired) electrons. The van der Waals surface area contributed by atoms with E-state index in [1.807, 2.05) is 0 Å². The molecule has 0 saturated carbocycles. The van der Waals surface area contributed by atoms with E-state index in [0.717, 1.165) is 0 Å². The molecule has 3 rings (SSSR count). The third kappa shape index (κ3) is 7.67. The third-order valence-corrected chi connectivity index (χ3v) is 6.64. The van der Waals surface area contributed by atoms with Crippen LogP contribution in [0.15, 0.2) is 18.2 Å². The number of hydrogen-bond acceptors (Lipinski definition) is 4. The Balaban J connectivity index is 1.41. The molecule has 4 heteroatoms. The smallest absolute Gasteiger partial charge is 0.0110 e. The summed E-state index contributed by atoms with van der Waals surface area (Å²) < 4.78 is 0. The fraction of sp³-hybridized carbons (Fsp3) is 0.760. The second-order valence-corrected chi connectivity index (χ2v) is 9.19. The molecule has 0 bridgehead atoms. The van der Waals surface area contributed by atoms with Gasteiger partial charge in [-0.25, -0.2) is 0 Å². The molecule has 2 heterocycles. The van der Waals surface area contributed by atoms with Gasteiger partial charge in [0.25, 0.3) is 0 Å². The summed E-state index contributed by atoms with van der Waals surface area (Å²) in [5.74, 6) is 0. The van der Waals surface area contributed by atoms with Crippen molar-refractivity contribution >= 4 is 0 Å². The van der Waals surface area contributed by atoms with Gasteiger partial charge in [0, 0.05) is 65.4 Å². The molecule has 2 aliphatic rings. The highest BCUT2D eigenvalue weighted by Gasteiger charge is 2.17. The Kier molecular flexibility index (Phi) is 9.44. The fourth-order valence-electron chi connectivity index (χ4n) is 4.92. The highest BCUT2D eigenvalue weighted by molar-refractivity contribution is 5.30. The molecule has 2 saturated heterocycles. The maximum atomic E-state index is 2.66. The average molecular weight is 401 g/mol. The lowest BCUT2D eigenvalue weighted by atomic mass is 10.0. The predicted molar refractivity (Wildman–Crippen MR) is 125 cm³/mol. The maximum Gasteiger partial charge on any atom is 0.0110 e. The molecule has 0 N–H and O–H groups in total. The maximum absolute atomic E-state index is 2.66. The Bertz CT molecular complexity index is 538. The van der Waals surface area contributed by atoms with E-state index >= 15 is 0 Å². The molecule has 0 atom stereocenters. The van der Waals surface area contributed by atoms with E-state index in [1.54, 1.807) is 0 Å². The number of rotatable bonds is 10. The van der Waals surface area contributed by atoms with E-state index in [9.17, 15) is 0 Å². The fourth-order valence-corrected chi connectivity index (χ4v) is 4.92. The van der Waals surface area contributed by atoms with Crippen molar-refractivity contribution in [3.63, 3.8) is 0 Å². The molecular weight excluding hydrogens is 356 g/mol. The zero-order valence-corrected chi connectivity index (χ0v) is 19.3. The van der Waals surface area contributed by atoms with Gasteiger partial charge in [0.1, 0.15) is 0 Å². The normalized spacial score (nSPS) is 20.4. The number of nitrogens with zero attached hydrogens (tertiary/aromatic N) is 4. The summed E-state index contributed by atoms with van der Waals surface area (Å²) in [6.45, 7) is 21.7. The van der Waals surface area contributed by atoms with Crippen molar-refractivity contribution in [2.75, 3.05) is 78.5 Å². The van der Waals surface area contributed by atoms with Gasteiger partial charge in [0.2, 0.25) is 0 Å². The van der Waals surface area contributed by atoms with Crippen LogP contribution in [0.25, 0.3) is 0 Å². The summed E-state index contributed by atoms with van der Waals surface area (Å²) in [6.07, 6.45) is 4.94. The first kappa shape index (κ1) is 22.7. The quantitative estimate of drug-likeness (QED) is 0.598. The zero-order chi connectivity index (χ0) is 20.5. The molecule has 0 spiro atoms. The number of aryl methyl sites for hydroxylation is 1. The number of benzene rings is 1. The first-order valence-corrected chi connectivity index (χ1v) is 12.1. The molecule has 164 valence electrons. The average Bonchev–Trinajstić information content (AvgIpc) is 2.73. The van der Waals surface area contributed by atoms with E-state index in [1.165, 1.54) is 121 Å². The van der Waals surface area contributed by atoms with Crippen LogP contribution < -0.4 is 0 Å². The highest BCUT2D eigenvalue weighted by atomic mass is 15.3. The lowest BCUT2D eigenvalue weighted by Crippen LogP contribution is -2.47. The Morgan fingerprint density at radius 3 is 1.24 bits per heavy atom. The van der Waals surface area contributed by atoms with Crippen LogP contribution in [0, 0.1) is 6.92 Å². The van der Waals surface area contributed by atoms with Crippen LogP contribution in [0.4, 0.5) is 0 Å². The second kappa shape index (κ2) is 12.0. The van der Waals surface area contributed by atoms with E-state index in [-0.39, 0.29) is 0 Å². The molecular formula is C25H44N4. The monoisotopic (exact) mass is 400 g/mol. The van der Waals surface area contributed by atoms with Crippen LogP contribution in [0.5, 0.6) is 0 Å². The molecule has 4 nitrogen and oxygen atoms in total. The Morgan fingerprint density at radius 1 is 0.552 bits per heavy atom. The van der Waals surface area contributed by atoms with E-state index in [4.69, 9.17) is 0 Å². The van der Waals surface area contributed by atoms with Crippen LogP contribution in [-0.4, -0.2) is 98.1 Å². The van der Waals surface area contributed by atoms with Crippen LogP contribution in [-0.2, 0) is 12.8 Å². The Morgan fingerprint density at radius 2 is 0.897 bits per heavy atom. The Hall–Kier alpha value is -0.940. The summed E-state index contributed by atoms with van der Waals surface area (Å²) in [5.41, 5.74) is 4.49. The first-order valence-electron chi connectivity index (χ1n) is 12.1. The lowest BCUT2D eigenvalue weighted by Gasteiger charge is -2.34. The molecule has 0 aromatic heterocycles. The van der Waals surface area contributed by atoms with Crippen LogP contribution in [0.3, 0.4) is 0 Å². The van der Waals surface area contributed by atoms with Crippen LogP contribution in [0.2, 0.25) is 0 Å². The molecule has 0 aliphatic carbocycles. The summed E-state index contributed by atoms with van der Waals surface area (Å²) in [6, 6.07) is 7.29. The van der Waals surface area contributed by atoms with Crippen molar-refractivity contribution in [3.05, 3.63) is 34.9 Å². The van der Waals surface area contributed by atoms with Crippen molar-refractivity contribution in [2.45, 2.75) is 46.5 Å². The van der Waals surface area contributed by atoms with Gasteiger partial charge in [-0.1, -0.05) is 37.6 Å². The van der Waals surface area contributed by atoms with E-state index in [2.05, 4.69) is 58.6 Å². The van der Waals surface area contributed by atoms with Crippen LogP contribution in [0.1, 0.15) is 43.4 Å². The third-order valence-electron chi connectivity index (χ3n) is 6.64. The largest absolute Gasteiger partial charge is 0.301 e. The van der Waals surface area contributed by atoms with Crippen molar-refractivity contribution < 1.29 is 0 Å². The van der Waals surface area contributed by atoms with E-state index < -0.39 is 0 Å². The molecule has 2 aliphatic heterocycles.